The van der Waals surface area contributed by atoms with E-state index in [1.165, 1.54) is 6.61 Å². The lowest BCUT2D eigenvalue weighted by Gasteiger charge is -2.10. The number of hydrogen-bond donors (Lipinski definition) is 1. The molecule has 77 valence electrons. The molecule has 0 fully saturated rings. The maximum absolute atomic E-state index is 9.01. The number of ether oxygens (including phenoxy) is 1. The van der Waals surface area contributed by atoms with Gasteiger partial charge in [-0.3, -0.25) is 0 Å². The van der Waals surface area contributed by atoms with E-state index in [0.717, 1.165) is 13.4 Å². The topological polar surface area (TPSA) is 29.5 Å². The Morgan fingerprint density at radius 3 is 2.50 bits per heavy atom. The third kappa shape index (κ3) is 3.22. The molecule has 0 aliphatic carbocycles. The standard InChI is InChI=1S/C9H8Br3O2/c1-5(13)4-14-7-3-2-6(10)8(11)9(7)12/h2-5,13H,1H3. The van der Waals surface area contributed by atoms with E-state index in [-0.39, 0.29) is 0 Å². The van der Waals surface area contributed by atoms with Crippen molar-refractivity contribution in [1.29, 1.82) is 0 Å². The first-order chi connectivity index (χ1) is 6.52. The summed E-state index contributed by atoms with van der Waals surface area (Å²) in [5.74, 6) is 0.654. The van der Waals surface area contributed by atoms with Gasteiger partial charge in [0.1, 0.15) is 5.75 Å². The second kappa shape index (κ2) is 5.49. The van der Waals surface area contributed by atoms with Crippen molar-refractivity contribution in [1.82, 2.24) is 0 Å². The quantitative estimate of drug-likeness (QED) is 0.797. The molecular weight excluding hydrogens is 380 g/mol. The van der Waals surface area contributed by atoms with Crippen LogP contribution in [0.25, 0.3) is 0 Å². The number of benzene rings is 1. The molecule has 0 amide bonds. The number of aliphatic hydroxyl groups is 1. The van der Waals surface area contributed by atoms with Gasteiger partial charge in [0, 0.05) is 8.95 Å². The Morgan fingerprint density at radius 1 is 1.29 bits per heavy atom. The van der Waals surface area contributed by atoms with E-state index in [4.69, 9.17) is 9.84 Å². The molecule has 0 bridgehead atoms. The van der Waals surface area contributed by atoms with Crippen LogP contribution >= 0.6 is 47.8 Å². The Labute approximate surface area is 108 Å². The summed E-state index contributed by atoms with van der Waals surface area (Å²) in [6.07, 6.45) is -0.593. The fraction of sp³-hybridized carbons (Fsp3) is 0.222. The molecule has 1 unspecified atom stereocenters. The predicted octanol–water partition coefficient (Wildman–Crippen LogP) is 3.90. The van der Waals surface area contributed by atoms with Gasteiger partial charge in [-0.15, -0.1) is 0 Å². The predicted molar refractivity (Wildman–Crippen MR) is 66.2 cm³/mol. The average Bonchev–Trinajstić information content (AvgIpc) is 2.13. The maximum Gasteiger partial charge on any atom is 0.163 e. The van der Waals surface area contributed by atoms with Crippen molar-refractivity contribution >= 4 is 47.8 Å². The first-order valence-corrected chi connectivity index (χ1v) is 6.22. The highest BCUT2D eigenvalue weighted by Gasteiger charge is 2.09. The van der Waals surface area contributed by atoms with Gasteiger partial charge in [-0.2, -0.15) is 0 Å². The van der Waals surface area contributed by atoms with Crippen LogP contribution in [0.5, 0.6) is 5.75 Å². The number of rotatable bonds is 3. The lowest BCUT2D eigenvalue weighted by molar-refractivity contribution is 0.169. The monoisotopic (exact) mass is 385 g/mol. The number of hydrogen-bond acceptors (Lipinski definition) is 2. The normalized spacial score (nSPS) is 12.6. The van der Waals surface area contributed by atoms with Gasteiger partial charge in [0.05, 0.1) is 10.6 Å². The molecule has 1 rings (SSSR count). The Balaban J connectivity index is 2.83. The Kier molecular flexibility index (Phi) is 4.90. The van der Waals surface area contributed by atoms with E-state index < -0.39 is 6.10 Å². The first kappa shape index (κ1) is 12.5. The van der Waals surface area contributed by atoms with E-state index in [1.54, 1.807) is 13.0 Å². The molecule has 0 saturated heterocycles. The fourth-order valence-electron chi connectivity index (χ4n) is 0.771. The van der Waals surface area contributed by atoms with Gasteiger partial charge in [0.25, 0.3) is 0 Å². The van der Waals surface area contributed by atoms with Crippen LogP contribution in [0.3, 0.4) is 0 Å². The van der Waals surface area contributed by atoms with Crippen LogP contribution in [0, 0.1) is 6.61 Å². The van der Waals surface area contributed by atoms with Gasteiger partial charge >= 0.3 is 0 Å². The summed E-state index contributed by atoms with van der Waals surface area (Å²) in [5.41, 5.74) is 0. The van der Waals surface area contributed by atoms with Crippen molar-refractivity contribution in [2.45, 2.75) is 13.0 Å². The second-order valence-electron chi connectivity index (χ2n) is 2.67. The SMILES string of the molecule is CC(O)[CH]Oc1ccc(Br)c(Br)c1Br. The molecule has 0 heterocycles. The van der Waals surface area contributed by atoms with Gasteiger partial charge in [-0.1, -0.05) is 0 Å². The molecule has 1 N–H and O–H groups in total. The van der Waals surface area contributed by atoms with Crippen molar-refractivity contribution in [2.75, 3.05) is 0 Å². The number of aliphatic hydroxyl groups excluding tert-OH is 1. The minimum absolute atomic E-state index is 0.593. The minimum atomic E-state index is -0.593. The van der Waals surface area contributed by atoms with Gasteiger partial charge in [0.2, 0.25) is 0 Å². The van der Waals surface area contributed by atoms with Crippen molar-refractivity contribution in [3.63, 3.8) is 0 Å². The van der Waals surface area contributed by atoms with Crippen LogP contribution in [-0.2, 0) is 0 Å². The van der Waals surface area contributed by atoms with Gasteiger partial charge in [0.15, 0.2) is 6.61 Å². The zero-order valence-corrected chi connectivity index (χ0v) is 12.1. The highest BCUT2D eigenvalue weighted by molar-refractivity contribution is 9.14. The minimum Gasteiger partial charge on any atom is -0.483 e. The summed E-state index contributed by atoms with van der Waals surface area (Å²) in [7, 11) is 0. The highest BCUT2D eigenvalue weighted by atomic mass is 79.9. The smallest absolute Gasteiger partial charge is 0.163 e. The molecule has 14 heavy (non-hydrogen) atoms. The maximum atomic E-state index is 9.01. The summed E-state index contributed by atoms with van der Waals surface area (Å²) >= 11 is 10.1. The van der Waals surface area contributed by atoms with Crippen LogP contribution in [0.15, 0.2) is 25.6 Å². The third-order valence-electron chi connectivity index (χ3n) is 1.39. The molecule has 0 aliphatic heterocycles. The van der Waals surface area contributed by atoms with Crippen molar-refractivity contribution in [2.24, 2.45) is 0 Å². The Morgan fingerprint density at radius 2 is 1.93 bits per heavy atom. The highest BCUT2D eigenvalue weighted by Crippen LogP contribution is 2.37. The third-order valence-corrected chi connectivity index (χ3v) is 4.73. The summed E-state index contributed by atoms with van der Waals surface area (Å²) in [5, 5.41) is 9.01. The van der Waals surface area contributed by atoms with Gasteiger partial charge in [-0.25, -0.2) is 0 Å². The van der Waals surface area contributed by atoms with E-state index >= 15 is 0 Å². The molecule has 0 aliphatic rings. The van der Waals surface area contributed by atoms with Crippen LogP contribution in [-0.4, -0.2) is 11.2 Å². The summed E-state index contributed by atoms with van der Waals surface area (Å²) in [4.78, 5) is 0. The van der Waals surface area contributed by atoms with Crippen LogP contribution in [0.4, 0.5) is 0 Å². The van der Waals surface area contributed by atoms with Crippen LogP contribution < -0.4 is 4.74 Å². The molecule has 1 aromatic carbocycles. The van der Waals surface area contributed by atoms with Crippen LogP contribution in [0.2, 0.25) is 0 Å². The second-order valence-corrected chi connectivity index (χ2v) is 5.11. The summed E-state index contributed by atoms with van der Waals surface area (Å²) in [6, 6.07) is 3.66. The molecule has 2 nitrogen and oxygen atoms in total. The van der Waals surface area contributed by atoms with E-state index in [0.29, 0.717) is 5.75 Å². The van der Waals surface area contributed by atoms with Gasteiger partial charge < -0.3 is 9.84 Å². The number of halogens is 3. The zero-order valence-electron chi connectivity index (χ0n) is 7.30. The van der Waals surface area contributed by atoms with E-state index in [9.17, 15) is 0 Å². The first-order valence-electron chi connectivity index (χ1n) is 3.84. The molecular formula is C9H8Br3O2. The molecule has 0 saturated carbocycles. The summed E-state index contributed by atoms with van der Waals surface area (Å²) < 4.78 is 7.89. The van der Waals surface area contributed by atoms with Crippen molar-refractivity contribution in [3.05, 3.63) is 32.2 Å². The largest absolute Gasteiger partial charge is 0.483 e. The molecule has 1 radical (unpaired) electrons. The van der Waals surface area contributed by atoms with Crippen molar-refractivity contribution < 1.29 is 9.84 Å². The Bertz CT molecular complexity index is 326. The molecule has 5 heteroatoms. The molecule has 1 atom stereocenters. The lowest BCUT2D eigenvalue weighted by atomic mass is 10.3. The molecule has 1 aromatic rings. The van der Waals surface area contributed by atoms with Crippen LogP contribution in [0.1, 0.15) is 6.92 Å². The summed E-state index contributed by atoms with van der Waals surface area (Å²) in [6.45, 7) is 2.99. The van der Waals surface area contributed by atoms with E-state index in [2.05, 4.69) is 47.8 Å². The molecule has 0 spiro atoms. The Hall–Kier alpha value is 0.420. The molecule has 0 aromatic heterocycles. The van der Waals surface area contributed by atoms with Gasteiger partial charge in [-0.05, 0) is 66.8 Å². The van der Waals surface area contributed by atoms with Crippen molar-refractivity contribution in [3.8, 4) is 5.75 Å². The lowest BCUT2D eigenvalue weighted by Crippen LogP contribution is -2.06. The average molecular weight is 388 g/mol. The zero-order chi connectivity index (χ0) is 10.7. The van der Waals surface area contributed by atoms with E-state index in [1.807, 2.05) is 6.07 Å². The fourth-order valence-corrected chi connectivity index (χ4v) is 2.13.